The molecule has 0 spiro atoms. The lowest BCUT2D eigenvalue weighted by molar-refractivity contribution is 0.410. The number of methoxy groups -OCH3 is 1. The van der Waals surface area contributed by atoms with E-state index in [9.17, 15) is 0 Å². The zero-order chi connectivity index (χ0) is 14.7. The normalized spacial score (nSPS) is 12.4. The van der Waals surface area contributed by atoms with Gasteiger partial charge in [0.15, 0.2) is 0 Å². The number of likely N-dealkylation sites (N-methyl/N-ethyl adjacent to an activating group) is 1. The summed E-state index contributed by atoms with van der Waals surface area (Å²) in [6.07, 6.45) is 0. The highest BCUT2D eigenvalue weighted by Crippen LogP contribution is 2.41. The lowest BCUT2D eigenvalue weighted by atomic mass is 10.0. The lowest BCUT2D eigenvalue weighted by Crippen LogP contribution is -2.41. The van der Waals surface area contributed by atoms with E-state index in [0.29, 0.717) is 13.1 Å². The van der Waals surface area contributed by atoms with Crippen LogP contribution in [0.25, 0.3) is 0 Å². The van der Waals surface area contributed by atoms with Gasteiger partial charge in [-0.15, -0.1) is 0 Å². The number of benzene rings is 1. The van der Waals surface area contributed by atoms with Crippen LogP contribution < -0.4 is 21.1 Å². The number of nitrogens with two attached hydrogens (primary N) is 2. The molecule has 1 unspecified atom stereocenters. The largest absolute Gasteiger partial charge is 0.494 e. The first-order valence-electron chi connectivity index (χ1n) is 6.35. The molecule has 4 nitrogen and oxygen atoms in total. The van der Waals surface area contributed by atoms with Crippen molar-refractivity contribution in [1.29, 1.82) is 0 Å². The highest BCUT2D eigenvalue weighted by Gasteiger charge is 2.20. The van der Waals surface area contributed by atoms with E-state index in [4.69, 9.17) is 16.2 Å². The first kappa shape index (κ1) is 16.3. The van der Waals surface area contributed by atoms with Gasteiger partial charge >= 0.3 is 0 Å². The Morgan fingerprint density at radius 3 is 2.26 bits per heavy atom. The average molecular weight is 330 g/mol. The second-order valence-electron chi connectivity index (χ2n) is 4.95. The van der Waals surface area contributed by atoms with Gasteiger partial charge in [-0.2, -0.15) is 0 Å². The number of rotatable bonds is 5. The topological polar surface area (TPSA) is 64.5 Å². The van der Waals surface area contributed by atoms with Gasteiger partial charge in [0.1, 0.15) is 5.75 Å². The van der Waals surface area contributed by atoms with E-state index in [1.54, 1.807) is 7.11 Å². The molecule has 1 aromatic rings. The zero-order valence-electron chi connectivity index (χ0n) is 12.4. The summed E-state index contributed by atoms with van der Waals surface area (Å²) in [4.78, 5) is 2.11. The molecule has 0 radical (unpaired) electrons. The Labute approximate surface area is 124 Å². The monoisotopic (exact) mass is 329 g/mol. The second-order valence-corrected chi connectivity index (χ2v) is 5.74. The minimum absolute atomic E-state index is 0.0468. The highest BCUT2D eigenvalue weighted by molar-refractivity contribution is 9.10. The van der Waals surface area contributed by atoms with Crippen LogP contribution in [0.3, 0.4) is 0 Å². The van der Waals surface area contributed by atoms with Crippen LogP contribution in [-0.4, -0.2) is 33.3 Å². The molecule has 1 atom stereocenters. The Hall–Kier alpha value is -0.780. The molecule has 5 heteroatoms. The maximum Gasteiger partial charge on any atom is 0.145 e. The molecule has 0 aliphatic rings. The van der Waals surface area contributed by atoms with Crippen molar-refractivity contribution in [2.75, 3.05) is 32.1 Å². The van der Waals surface area contributed by atoms with Crippen molar-refractivity contribution in [2.45, 2.75) is 26.8 Å². The quantitative estimate of drug-likeness (QED) is 0.868. The third-order valence-corrected chi connectivity index (χ3v) is 4.72. The molecular weight excluding hydrogens is 306 g/mol. The van der Waals surface area contributed by atoms with Crippen molar-refractivity contribution < 1.29 is 4.74 Å². The molecule has 0 saturated heterocycles. The van der Waals surface area contributed by atoms with Crippen molar-refractivity contribution in [1.82, 2.24) is 0 Å². The van der Waals surface area contributed by atoms with E-state index in [2.05, 4.69) is 41.6 Å². The smallest absolute Gasteiger partial charge is 0.145 e. The van der Waals surface area contributed by atoms with E-state index < -0.39 is 0 Å². The van der Waals surface area contributed by atoms with E-state index in [1.165, 1.54) is 5.56 Å². The molecule has 0 fully saturated rings. The summed E-state index contributed by atoms with van der Waals surface area (Å²) in [5, 5.41) is 0. The van der Waals surface area contributed by atoms with Gasteiger partial charge in [0.2, 0.25) is 0 Å². The first-order valence-corrected chi connectivity index (χ1v) is 7.14. The Balaban J connectivity index is 3.33. The van der Waals surface area contributed by atoms with Gasteiger partial charge in [-0.1, -0.05) is 15.9 Å². The molecule has 0 saturated carbocycles. The number of anilines is 1. The molecule has 0 aliphatic heterocycles. The predicted molar refractivity (Wildman–Crippen MR) is 85.2 cm³/mol. The summed E-state index contributed by atoms with van der Waals surface area (Å²) in [5.41, 5.74) is 16.1. The molecular formula is C14H24BrN3O. The van der Waals surface area contributed by atoms with Crippen molar-refractivity contribution in [3.05, 3.63) is 21.2 Å². The lowest BCUT2D eigenvalue weighted by Gasteiger charge is -2.28. The van der Waals surface area contributed by atoms with E-state index >= 15 is 0 Å². The fourth-order valence-corrected chi connectivity index (χ4v) is 2.78. The molecule has 1 rings (SSSR count). The Morgan fingerprint density at radius 1 is 1.21 bits per heavy atom. The summed E-state index contributed by atoms with van der Waals surface area (Å²) in [5.74, 6) is 0.907. The number of nitrogens with zero attached hydrogens (tertiary/aromatic N) is 1. The van der Waals surface area contributed by atoms with Crippen molar-refractivity contribution >= 4 is 21.6 Å². The summed E-state index contributed by atoms with van der Waals surface area (Å²) in [7, 11) is 3.72. The molecule has 0 aliphatic carbocycles. The van der Waals surface area contributed by atoms with E-state index in [1.807, 2.05) is 7.05 Å². The molecule has 1 aromatic carbocycles. The van der Waals surface area contributed by atoms with Crippen LogP contribution in [0.4, 0.5) is 5.69 Å². The first-order chi connectivity index (χ1) is 8.84. The number of hydrogen-bond acceptors (Lipinski definition) is 4. The van der Waals surface area contributed by atoms with Crippen LogP contribution in [0.2, 0.25) is 0 Å². The van der Waals surface area contributed by atoms with Crippen LogP contribution in [0, 0.1) is 20.8 Å². The average Bonchev–Trinajstić information content (AvgIpc) is 2.39. The fraction of sp³-hybridized carbons (Fsp3) is 0.571. The SMILES string of the molecule is COc1c(C)c(C)c(Br)c(C)c1N(C)CC(N)CN. The minimum Gasteiger partial charge on any atom is -0.494 e. The molecule has 0 aromatic heterocycles. The Bertz CT molecular complexity index is 463. The maximum atomic E-state index is 5.94. The van der Waals surface area contributed by atoms with Crippen LogP contribution in [0.5, 0.6) is 5.75 Å². The van der Waals surface area contributed by atoms with Crippen LogP contribution >= 0.6 is 15.9 Å². The molecule has 0 bridgehead atoms. The second kappa shape index (κ2) is 6.59. The van der Waals surface area contributed by atoms with Gasteiger partial charge in [0, 0.05) is 30.7 Å². The molecule has 19 heavy (non-hydrogen) atoms. The predicted octanol–water partition coefficient (Wildman–Crippen LogP) is 2.11. The molecule has 0 amide bonds. The van der Waals surface area contributed by atoms with Gasteiger partial charge in [-0.25, -0.2) is 0 Å². The summed E-state index contributed by atoms with van der Waals surface area (Å²) in [6.45, 7) is 7.40. The van der Waals surface area contributed by atoms with Gasteiger partial charge in [-0.3, -0.25) is 0 Å². The van der Waals surface area contributed by atoms with Gasteiger partial charge in [0.25, 0.3) is 0 Å². The van der Waals surface area contributed by atoms with Crippen LogP contribution in [0.1, 0.15) is 16.7 Å². The maximum absolute atomic E-state index is 5.94. The molecule has 0 heterocycles. The third-order valence-electron chi connectivity index (χ3n) is 3.53. The van der Waals surface area contributed by atoms with E-state index in [-0.39, 0.29) is 6.04 Å². The summed E-state index contributed by atoms with van der Waals surface area (Å²) in [6, 6.07) is -0.0468. The summed E-state index contributed by atoms with van der Waals surface area (Å²) >= 11 is 3.66. The molecule has 108 valence electrons. The Kier molecular flexibility index (Phi) is 5.64. The molecule has 4 N–H and O–H groups in total. The third kappa shape index (κ3) is 3.22. The Morgan fingerprint density at radius 2 is 1.79 bits per heavy atom. The minimum atomic E-state index is -0.0468. The van der Waals surface area contributed by atoms with Crippen LogP contribution in [-0.2, 0) is 0 Å². The standard InChI is InChI=1S/C14H24BrN3O/c1-8-9(2)14(19-5)13(10(3)12(8)15)18(4)7-11(17)6-16/h11H,6-7,16-17H2,1-5H3. The fourth-order valence-electron chi connectivity index (χ4n) is 2.30. The number of ether oxygens (including phenoxy) is 1. The van der Waals surface area contributed by atoms with Crippen molar-refractivity contribution in [3.8, 4) is 5.75 Å². The van der Waals surface area contributed by atoms with E-state index in [0.717, 1.165) is 27.0 Å². The highest BCUT2D eigenvalue weighted by atomic mass is 79.9. The van der Waals surface area contributed by atoms with Crippen LogP contribution in [0.15, 0.2) is 4.47 Å². The van der Waals surface area contributed by atoms with Crippen molar-refractivity contribution in [3.63, 3.8) is 0 Å². The van der Waals surface area contributed by atoms with Crippen molar-refractivity contribution in [2.24, 2.45) is 11.5 Å². The zero-order valence-corrected chi connectivity index (χ0v) is 14.0. The van der Waals surface area contributed by atoms with Gasteiger partial charge in [0.05, 0.1) is 12.8 Å². The van der Waals surface area contributed by atoms with Gasteiger partial charge in [-0.05, 0) is 37.5 Å². The summed E-state index contributed by atoms with van der Waals surface area (Å²) < 4.78 is 6.71. The number of halogens is 1. The number of hydrogen-bond donors (Lipinski definition) is 2. The van der Waals surface area contributed by atoms with Gasteiger partial charge < -0.3 is 21.1 Å².